The van der Waals surface area contributed by atoms with Crippen LogP contribution in [0.4, 0.5) is 0 Å². The van der Waals surface area contributed by atoms with Gasteiger partial charge in [-0.1, -0.05) is 0 Å². The summed E-state index contributed by atoms with van der Waals surface area (Å²) in [6, 6.07) is 8.14. The third-order valence-electron chi connectivity index (χ3n) is 2.84. The average molecular weight is 285 g/mol. The maximum Gasteiger partial charge on any atom is 0.255 e. The van der Waals surface area contributed by atoms with Crippen LogP contribution >= 0.6 is 0 Å². The molecule has 0 fully saturated rings. The summed E-state index contributed by atoms with van der Waals surface area (Å²) < 4.78 is 15.8. The molecule has 1 aromatic carbocycles. The quantitative estimate of drug-likeness (QED) is 0.864. The number of amides is 1. The SMILES string of the molecule is NC(=O)COc1ccc2c(c1)O/C(=C\c1ccco1)C2=O. The number of ketones is 1. The molecular weight excluding hydrogens is 274 g/mol. The summed E-state index contributed by atoms with van der Waals surface area (Å²) in [6.07, 6.45) is 3.03. The number of fused-ring (bicyclic) bond motifs is 1. The molecule has 0 unspecified atom stereocenters. The standard InChI is InChI=1S/C15H11NO5/c16-14(17)8-20-10-3-4-11-12(6-10)21-13(15(11)18)7-9-2-1-5-19-9/h1-7H,8H2,(H2,16,17)/b13-7-. The molecule has 0 saturated heterocycles. The van der Waals surface area contributed by atoms with E-state index in [9.17, 15) is 9.59 Å². The van der Waals surface area contributed by atoms with Crippen molar-refractivity contribution in [1.82, 2.24) is 0 Å². The molecule has 2 aromatic rings. The summed E-state index contributed by atoms with van der Waals surface area (Å²) in [7, 11) is 0. The van der Waals surface area contributed by atoms with Crippen LogP contribution in [-0.2, 0) is 4.79 Å². The molecule has 0 spiro atoms. The van der Waals surface area contributed by atoms with Gasteiger partial charge in [-0.3, -0.25) is 9.59 Å². The monoisotopic (exact) mass is 285 g/mol. The minimum atomic E-state index is -0.578. The van der Waals surface area contributed by atoms with Gasteiger partial charge < -0.3 is 19.6 Å². The Morgan fingerprint density at radius 3 is 2.90 bits per heavy atom. The van der Waals surface area contributed by atoms with Gasteiger partial charge in [-0.05, 0) is 24.3 Å². The maximum absolute atomic E-state index is 12.2. The van der Waals surface area contributed by atoms with Crippen molar-refractivity contribution in [2.75, 3.05) is 6.61 Å². The van der Waals surface area contributed by atoms with Gasteiger partial charge in [-0.25, -0.2) is 0 Å². The van der Waals surface area contributed by atoms with Crippen molar-refractivity contribution in [3.05, 3.63) is 53.7 Å². The Balaban J connectivity index is 1.84. The lowest BCUT2D eigenvalue weighted by atomic mass is 10.1. The van der Waals surface area contributed by atoms with Gasteiger partial charge in [-0.2, -0.15) is 0 Å². The Kier molecular flexibility index (Phi) is 3.19. The van der Waals surface area contributed by atoms with Crippen LogP contribution in [0.5, 0.6) is 11.5 Å². The molecule has 2 heterocycles. The van der Waals surface area contributed by atoms with Crippen LogP contribution in [0.1, 0.15) is 16.1 Å². The van der Waals surface area contributed by atoms with Crippen molar-refractivity contribution >= 4 is 17.8 Å². The lowest BCUT2D eigenvalue weighted by molar-refractivity contribution is -0.119. The highest BCUT2D eigenvalue weighted by Gasteiger charge is 2.28. The second-order valence-corrected chi connectivity index (χ2v) is 4.37. The van der Waals surface area contributed by atoms with E-state index >= 15 is 0 Å². The Bertz CT molecular complexity index is 731. The zero-order valence-corrected chi connectivity index (χ0v) is 10.9. The highest BCUT2D eigenvalue weighted by molar-refractivity contribution is 6.14. The van der Waals surface area contributed by atoms with E-state index in [-0.39, 0.29) is 18.1 Å². The number of hydrogen-bond donors (Lipinski definition) is 1. The Labute approximate surface area is 119 Å². The molecule has 1 aromatic heterocycles. The number of Topliss-reactive ketones (excluding diaryl/α,β-unsaturated/α-hetero) is 1. The van der Waals surface area contributed by atoms with Gasteiger partial charge in [0.1, 0.15) is 17.3 Å². The van der Waals surface area contributed by atoms with Crippen molar-refractivity contribution in [3.8, 4) is 11.5 Å². The minimum Gasteiger partial charge on any atom is -0.484 e. The Hall–Kier alpha value is -3.02. The van der Waals surface area contributed by atoms with E-state index in [4.69, 9.17) is 19.6 Å². The topological polar surface area (TPSA) is 91.8 Å². The number of primary amides is 1. The largest absolute Gasteiger partial charge is 0.484 e. The van der Waals surface area contributed by atoms with Crippen molar-refractivity contribution in [3.63, 3.8) is 0 Å². The number of nitrogens with two attached hydrogens (primary N) is 1. The lowest BCUT2D eigenvalue weighted by Gasteiger charge is -2.04. The molecule has 6 nitrogen and oxygen atoms in total. The molecule has 0 saturated carbocycles. The molecule has 106 valence electrons. The van der Waals surface area contributed by atoms with Crippen LogP contribution in [-0.4, -0.2) is 18.3 Å². The van der Waals surface area contributed by atoms with Crippen LogP contribution in [0.2, 0.25) is 0 Å². The zero-order valence-electron chi connectivity index (χ0n) is 10.9. The molecule has 1 aliphatic heterocycles. The molecule has 1 amide bonds. The van der Waals surface area contributed by atoms with Gasteiger partial charge in [0.2, 0.25) is 5.78 Å². The van der Waals surface area contributed by atoms with Crippen LogP contribution in [0, 0.1) is 0 Å². The number of ether oxygens (including phenoxy) is 2. The van der Waals surface area contributed by atoms with Gasteiger partial charge >= 0.3 is 0 Å². The molecule has 1 aliphatic rings. The summed E-state index contributed by atoms with van der Waals surface area (Å²) in [5.41, 5.74) is 5.43. The molecule has 0 atom stereocenters. The Morgan fingerprint density at radius 2 is 2.19 bits per heavy atom. The summed E-state index contributed by atoms with van der Waals surface area (Å²) in [4.78, 5) is 22.8. The van der Waals surface area contributed by atoms with Crippen LogP contribution in [0.25, 0.3) is 6.08 Å². The van der Waals surface area contributed by atoms with E-state index in [1.54, 1.807) is 30.3 Å². The van der Waals surface area contributed by atoms with Crippen molar-refractivity contribution in [2.24, 2.45) is 5.73 Å². The fourth-order valence-electron chi connectivity index (χ4n) is 1.91. The van der Waals surface area contributed by atoms with Crippen molar-refractivity contribution < 1.29 is 23.5 Å². The van der Waals surface area contributed by atoms with Gasteiger partial charge in [0.15, 0.2) is 12.4 Å². The normalized spacial score (nSPS) is 14.9. The van der Waals surface area contributed by atoms with E-state index in [1.807, 2.05) is 0 Å². The number of allylic oxidation sites excluding steroid dienone is 1. The van der Waals surface area contributed by atoms with Crippen molar-refractivity contribution in [1.29, 1.82) is 0 Å². The average Bonchev–Trinajstić information content (AvgIpc) is 3.06. The molecule has 0 radical (unpaired) electrons. The number of carbonyl (C=O) groups is 2. The van der Waals surface area contributed by atoms with Gasteiger partial charge in [0, 0.05) is 12.1 Å². The fraction of sp³-hybridized carbons (Fsp3) is 0.0667. The predicted octanol–water partition coefficient (Wildman–Crippen LogP) is 1.76. The summed E-state index contributed by atoms with van der Waals surface area (Å²) in [6.45, 7) is -0.234. The zero-order chi connectivity index (χ0) is 14.8. The highest BCUT2D eigenvalue weighted by Crippen LogP contribution is 2.34. The lowest BCUT2D eigenvalue weighted by Crippen LogP contribution is -2.19. The fourth-order valence-corrected chi connectivity index (χ4v) is 1.91. The second-order valence-electron chi connectivity index (χ2n) is 4.37. The third-order valence-corrected chi connectivity index (χ3v) is 2.84. The third kappa shape index (κ3) is 2.64. The smallest absolute Gasteiger partial charge is 0.255 e. The molecule has 2 N–H and O–H groups in total. The van der Waals surface area contributed by atoms with E-state index in [1.165, 1.54) is 12.3 Å². The van der Waals surface area contributed by atoms with Gasteiger partial charge in [0.05, 0.1) is 11.8 Å². The summed E-state index contributed by atoms with van der Waals surface area (Å²) >= 11 is 0. The summed E-state index contributed by atoms with van der Waals surface area (Å²) in [5.74, 6) is 0.663. The van der Waals surface area contributed by atoms with E-state index in [2.05, 4.69) is 0 Å². The van der Waals surface area contributed by atoms with E-state index < -0.39 is 5.91 Å². The number of hydrogen-bond acceptors (Lipinski definition) is 5. The molecule has 6 heteroatoms. The predicted molar refractivity (Wildman–Crippen MR) is 72.8 cm³/mol. The van der Waals surface area contributed by atoms with Gasteiger partial charge in [-0.15, -0.1) is 0 Å². The number of benzene rings is 1. The number of furan rings is 1. The molecule has 0 bridgehead atoms. The first-order valence-electron chi connectivity index (χ1n) is 6.16. The summed E-state index contributed by atoms with van der Waals surface area (Å²) in [5, 5.41) is 0. The van der Waals surface area contributed by atoms with Crippen molar-refractivity contribution in [2.45, 2.75) is 0 Å². The molecule has 0 aliphatic carbocycles. The Morgan fingerprint density at radius 1 is 1.33 bits per heavy atom. The molecule has 21 heavy (non-hydrogen) atoms. The maximum atomic E-state index is 12.2. The van der Waals surface area contributed by atoms with Gasteiger partial charge in [0.25, 0.3) is 5.91 Å². The van der Waals surface area contributed by atoms with E-state index in [0.29, 0.717) is 22.8 Å². The first-order chi connectivity index (χ1) is 10.1. The molecule has 3 rings (SSSR count). The van der Waals surface area contributed by atoms with E-state index in [0.717, 1.165) is 0 Å². The first-order valence-corrected chi connectivity index (χ1v) is 6.16. The second kappa shape index (κ2) is 5.16. The van der Waals surface area contributed by atoms with Crippen LogP contribution < -0.4 is 15.2 Å². The first kappa shape index (κ1) is 13.0. The molecular formula is C15H11NO5. The van der Waals surface area contributed by atoms with Crippen LogP contribution in [0.15, 0.2) is 46.8 Å². The number of carbonyl (C=O) groups excluding carboxylic acids is 2. The van der Waals surface area contributed by atoms with Crippen LogP contribution in [0.3, 0.4) is 0 Å². The minimum absolute atomic E-state index is 0.173. The highest BCUT2D eigenvalue weighted by atomic mass is 16.5. The number of rotatable bonds is 4.